The summed E-state index contributed by atoms with van der Waals surface area (Å²) in [5, 5.41) is 5.80. The molecule has 3 amide bonds. The van der Waals surface area contributed by atoms with Gasteiger partial charge in [0.2, 0.25) is 0 Å². The zero-order valence-corrected chi connectivity index (χ0v) is 21.3. The van der Waals surface area contributed by atoms with Gasteiger partial charge in [-0.15, -0.1) is 0 Å². The number of fused-ring (bicyclic) bond motifs is 1. The van der Waals surface area contributed by atoms with Crippen LogP contribution in [-0.4, -0.2) is 72.5 Å². The molecule has 2 atom stereocenters. The third-order valence-corrected chi connectivity index (χ3v) is 7.64. The van der Waals surface area contributed by atoms with E-state index in [4.69, 9.17) is 9.47 Å². The third kappa shape index (κ3) is 7.16. The van der Waals surface area contributed by atoms with Gasteiger partial charge < -0.3 is 24.3 Å². The summed E-state index contributed by atoms with van der Waals surface area (Å²) in [4.78, 5) is 35.0. The Bertz CT molecular complexity index is 960. The number of nitrogens with zero attached hydrogens (tertiary/aromatic N) is 4. The topological polar surface area (TPSA) is 111 Å². The van der Waals surface area contributed by atoms with Gasteiger partial charge in [-0.25, -0.2) is 19.6 Å². The minimum Gasteiger partial charge on any atom is -0.453 e. The number of aromatic nitrogens is 3. The molecule has 3 heterocycles. The molecule has 2 aromatic rings. The summed E-state index contributed by atoms with van der Waals surface area (Å²) in [6.07, 6.45) is 4.57. The van der Waals surface area contributed by atoms with Gasteiger partial charge in [-0.1, -0.05) is 26.6 Å². The molecule has 0 aliphatic carbocycles. The summed E-state index contributed by atoms with van der Waals surface area (Å²) in [5.74, 6) is 0.615. The molecule has 1 aliphatic heterocycles. The van der Waals surface area contributed by atoms with Gasteiger partial charge in [-0.2, -0.15) is 0 Å². The zero-order valence-electron chi connectivity index (χ0n) is 20.3. The highest BCUT2D eigenvalue weighted by molar-refractivity contribution is 6.76. The minimum absolute atomic E-state index is 0.0502. The number of nitrogens with one attached hydrogen (secondary N) is 2. The van der Waals surface area contributed by atoms with Gasteiger partial charge in [-0.3, -0.25) is 5.32 Å². The van der Waals surface area contributed by atoms with Crippen molar-refractivity contribution in [1.29, 1.82) is 0 Å². The van der Waals surface area contributed by atoms with Gasteiger partial charge in [0.05, 0.1) is 13.3 Å². The number of carbonyl (C=O) groups excluding carboxylic acids is 2. The van der Waals surface area contributed by atoms with Crippen LogP contribution in [0.25, 0.3) is 11.2 Å². The van der Waals surface area contributed by atoms with Crippen molar-refractivity contribution in [2.24, 2.45) is 5.92 Å². The lowest BCUT2D eigenvalue weighted by molar-refractivity contribution is 0.0899. The van der Waals surface area contributed by atoms with Crippen molar-refractivity contribution in [1.82, 2.24) is 24.8 Å². The monoisotopic (exact) mass is 476 g/mol. The average Bonchev–Trinajstić information content (AvgIpc) is 3.07. The maximum absolute atomic E-state index is 12.6. The lowest BCUT2D eigenvalue weighted by atomic mass is 9.97. The van der Waals surface area contributed by atoms with Crippen molar-refractivity contribution >= 4 is 37.2 Å². The van der Waals surface area contributed by atoms with Crippen LogP contribution in [0.2, 0.25) is 25.7 Å². The van der Waals surface area contributed by atoms with Gasteiger partial charge in [0, 0.05) is 40.0 Å². The van der Waals surface area contributed by atoms with E-state index in [0.717, 1.165) is 19.1 Å². The molecule has 0 bridgehead atoms. The third-order valence-electron chi connectivity index (χ3n) is 5.93. The van der Waals surface area contributed by atoms with Crippen LogP contribution in [0.5, 0.6) is 0 Å². The van der Waals surface area contributed by atoms with E-state index < -0.39 is 8.07 Å². The summed E-state index contributed by atoms with van der Waals surface area (Å²) >= 11 is 0. The van der Waals surface area contributed by atoms with Gasteiger partial charge >= 0.3 is 12.1 Å². The smallest absolute Gasteiger partial charge is 0.409 e. The first-order chi connectivity index (χ1) is 15.7. The van der Waals surface area contributed by atoms with Crippen LogP contribution in [0.1, 0.15) is 19.8 Å². The number of hydrogen-bond acceptors (Lipinski definition) is 6. The van der Waals surface area contributed by atoms with Crippen molar-refractivity contribution in [3.8, 4) is 0 Å². The Kier molecular flexibility index (Phi) is 8.30. The van der Waals surface area contributed by atoms with E-state index >= 15 is 0 Å². The van der Waals surface area contributed by atoms with Crippen molar-refractivity contribution < 1.29 is 19.1 Å². The summed E-state index contributed by atoms with van der Waals surface area (Å²) < 4.78 is 12.5. The molecule has 1 fully saturated rings. The van der Waals surface area contributed by atoms with E-state index in [2.05, 4.69) is 47.2 Å². The molecule has 1 aliphatic rings. The fourth-order valence-corrected chi connectivity index (χ4v) is 4.52. The van der Waals surface area contributed by atoms with Crippen molar-refractivity contribution in [3.63, 3.8) is 0 Å². The fraction of sp³-hybridized carbons (Fsp3) is 0.636. The van der Waals surface area contributed by atoms with Crippen molar-refractivity contribution in [2.75, 3.05) is 32.1 Å². The van der Waals surface area contributed by atoms with Gasteiger partial charge in [0.1, 0.15) is 12.2 Å². The van der Waals surface area contributed by atoms with E-state index in [1.165, 1.54) is 7.11 Å². The Hall–Kier alpha value is -2.66. The predicted octanol–water partition coefficient (Wildman–Crippen LogP) is 3.73. The maximum Gasteiger partial charge on any atom is 0.409 e. The first-order valence-corrected chi connectivity index (χ1v) is 15.2. The molecular weight excluding hydrogens is 440 g/mol. The second-order valence-electron chi connectivity index (χ2n) is 9.81. The Morgan fingerprint density at radius 2 is 2.00 bits per heavy atom. The van der Waals surface area contributed by atoms with E-state index in [9.17, 15) is 9.59 Å². The highest BCUT2D eigenvalue weighted by atomic mass is 28.3. The Labute approximate surface area is 196 Å². The molecule has 33 heavy (non-hydrogen) atoms. The average molecular weight is 477 g/mol. The largest absolute Gasteiger partial charge is 0.453 e. The minimum atomic E-state index is -1.12. The van der Waals surface area contributed by atoms with E-state index in [1.807, 2.05) is 16.8 Å². The van der Waals surface area contributed by atoms with E-state index in [0.29, 0.717) is 43.2 Å². The van der Waals surface area contributed by atoms with Crippen LogP contribution in [-0.2, 0) is 16.2 Å². The molecule has 0 saturated carbocycles. The second-order valence-corrected chi connectivity index (χ2v) is 15.4. The van der Waals surface area contributed by atoms with Crippen LogP contribution in [0.15, 0.2) is 18.5 Å². The van der Waals surface area contributed by atoms with Crippen LogP contribution in [0.3, 0.4) is 0 Å². The summed E-state index contributed by atoms with van der Waals surface area (Å²) in [6.45, 7) is 11.4. The first-order valence-electron chi connectivity index (χ1n) is 11.5. The quantitative estimate of drug-likeness (QED) is 0.465. The molecule has 2 unspecified atom stereocenters. The highest BCUT2D eigenvalue weighted by Gasteiger charge is 2.27. The summed E-state index contributed by atoms with van der Waals surface area (Å²) in [7, 11) is 0.261. The molecule has 2 N–H and O–H groups in total. The van der Waals surface area contributed by atoms with Crippen LogP contribution < -0.4 is 10.6 Å². The van der Waals surface area contributed by atoms with E-state index in [-0.39, 0.29) is 24.1 Å². The number of ether oxygens (including phenoxy) is 2. The lowest BCUT2D eigenvalue weighted by Gasteiger charge is -2.22. The van der Waals surface area contributed by atoms with Crippen LogP contribution in [0, 0.1) is 5.92 Å². The predicted molar refractivity (Wildman–Crippen MR) is 130 cm³/mol. The molecule has 0 aromatic carbocycles. The maximum atomic E-state index is 12.6. The molecule has 1 saturated heterocycles. The number of rotatable bonds is 7. The summed E-state index contributed by atoms with van der Waals surface area (Å²) in [5.41, 5.74) is 1.41. The van der Waals surface area contributed by atoms with E-state index in [1.54, 1.807) is 11.1 Å². The summed E-state index contributed by atoms with van der Waals surface area (Å²) in [6, 6.07) is 2.59. The van der Waals surface area contributed by atoms with Gasteiger partial charge in [-0.05, 0) is 30.9 Å². The Balaban J connectivity index is 1.54. The number of carbonyl (C=O) groups is 2. The normalized spacial score (nSPS) is 19.2. The molecule has 11 heteroatoms. The molecular formula is C22H36N6O4Si. The second kappa shape index (κ2) is 11.0. The van der Waals surface area contributed by atoms with Crippen molar-refractivity contribution in [2.45, 2.75) is 58.2 Å². The van der Waals surface area contributed by atoms with Crippen LogP contribution in [0.4, 0.5) is 15.4 Å². The number of anilines is 1. The van der Waals surface area contributed by atoms with Crippen LogP contribution >= 0.6 is 0 Å². The number of methoxy groups -OCH3 is 1. The molecule has 0 spiro atoms. The Morgan fingerprint density at radius 3 is 2.73 bits per heavy atom. The molecule has 0 radical (unpaired) electrons. The Morgan fingerprint density at radius 1 is 1.24 bits per heavy atom. The lowest BCUT2D eigenvalue weighted by Crippen LogP contribution is -2.42. The number of urea groups is 1. The van der Waals surface area contributed by atoms with Gasteiger partial charge in [0.25, 0.3) is 0 Å². The fourth-order valence-electron chi connectivity index (χ4n) is 3.77. The molecule has 2 aromatic heterocycles. The standard InChI is InChI=1S/C22H36N6O4Si/c1-16-6-9-27(22(30)31-2)10-7-17(16)25-21(29)26-19-14-23-20-18(24-19)8-11-28(20)15-32-12-13-33(3,4)5/h8,11,14,16-17H,6-7,9-10,12-13,15H2,1-5H3,(H2,24,25,26,29). The number of hydrogen-bond donors (Lipinski definition) is 2. The number of likely N-dealkylation sites (tertiary alicyclic amines) is 1. The molecule has 10 nitrogen and oxygen atoms in total. The molecule has 182 valence electrons. The highest BCUT2D eigenvalue weighted by Crippen LogP contribution is 2.19. The van der Waals surface area contributed by atoms with Crippen molar-refractivity contribution in [3.05, 3.63) is 18.5 Å². The zero-order chi connectivity index (χ0) is 24.0. The van der Waals surface area contributed by atoms with Gasteiger partial charge in [0.15, 0.2) is 11.5 Å². The first kappa shape index (κ1) is 25.0. The molecule has 3 rings (SSSR count). The number of amides is 3. The SMILES string of the molecule is COC(=O)N1CCC(C)C(NC(=O)Nc2cnc3c(ccn3COCC[Si](C)(C)C)n2)CC1.